The Labute approximate surface area is 186 Å². The number of carbonyl (C=O) groups excluding carboxylic acids is 2. The highest BCUT2D eigenvalue weighted by Crippen LogP contribution is 2.21. The first-order chi connectivity index (χ1) is 14.8. The van der Waals surface area contributed by atoms with Crippen LogP contribution in [0.25, 0.3) is 6.08 Å². The van der Waals surface area contributed by atoms with E-state index in [-0.39, 0.29) is 16.6 Å². The molecule has 0 bridgehead atoms. The summed E-state index contributed by atoms with van der Waals surface area (Å²) >= 11 is 3.09. The molecule has 2 aromatic carbocycles. The first-order valence-corrected chi connectivity index (χ1v) is 10.5. The molecule has 3 N–H and O–H groups in total. The highest BCUT2D eigenvalue weighted by Gasteiger charge is 2.40. The minimum absolute atomic E-state index is 0.130. The lowest BCUT2D eigenvalue weighted by atomic mass is 9.87. The topological polar surface area (TPSA) is 70.2 Å². The lowest BCUT2D eigenvalue weighted by molar-refractivity contribution is -0.133. The van der Waals surface area contributed by atoms with Crippen molar-refractivity contribution in [1.82, 2.24) is 16.0 Å². The maximum atomic E-state index is 13.9. The van der Waals surface area contributed by atoms with E-state index in [0.717, 1.165) is 12.1 Å². The summed E-state index contributed by atoms with van der Waals surface area (Å²) in [5.41, 5.74) is -0.405. The highest BCUT2D eigenvalue weighted by atomic mass is 79.9. The molecule has 0 aliphatic carbocycles. The number of benzene rings is 2. The Morgan fingerprint density at radius 3 is 2.48 bits per heavy atom. The third kappa shape index (κ3) is 5.95. The fourth-order valence-corrected chi connectivity index (χ4v) is 3.73. The number of hydrogen-bond donors (Lipinski definition) is 3. The summed E-state index contributed by atoms with van der Waals surface area (Å²) in [7, 11) is 0. The summed E-state index contributed by atoms with van der Waals surface area (Å²) in [5.74, 6) is -2.79. The first-order valence-electron chi connectivity index (χ1n) is 9.67. The van der Waals surface area contributed by atoms with Crippen molar-refractivity contribution < 1.29 is 22.8 Å². The van der Waals surface area contributed by atoms with Crippen molar-refractivity contribution in [3.63, 3.8) is 0 Å². The second kappa shape index (κ2) is 10.1. The van der Waals surface area contributed by atoms with Gasteiger partial charge in [0.2, 0.25) is 11.8 Å². The Bertz CT molecular complexity index is 1010. The number of amides is 2. The molecule has 3 rings (SSSR count). The summed E-state index contributed by atoms with van der Waals surface area (Å²) in [6, 6.07) is 7.46. The minimum atomic E-state index is -1.16. The maximum absolute atomic E-state index is 13.9. The molecule has 0 spiro atoms. The van der Waals surface area contributed by atoms with E-state index in [4.69, 9.17) is 0 Å². The summed E-state index contributed by atoms with van der Waals surface area (Å²) in [6.07, 6.45) is 3.50. The molecule has 2 aromatic rings. The molecular weight excluding hydrogens is 475 g/mol. The van der Waals surface area contributed by atoms with Gasteiger partial charge in [0.25, 0.3) is 0 Å². The molecule has 2 amide bonds. The van der Waals surface area contributed by atoms with Crippen LogP contribution in [0.5, 0.6) is 0 Å². The van der Waals surface area contributed by atoms with Crippen LogP contribution in [0.15, 0.2) is 46.9 Å². The van der Waals surface area contributed by atoms with Crippen molar-refractivity contribution in [2.45, 2.75) is 24.9 Å². The number of hydrogen-bond acceptors (Lipinski definition) is 3. The monoisotopic (exact) mass is 495 g/mol. The average Bonchev–Trinajstić information content (AvgIpc) is 2.74. The molecule has 1 fully saturated rings. The van der Waals surface area contributed by atoms with Gasteiger partial charge in [-0.1, -0.05) is 12.1 Å². The van der Waals surface area contributed by atoms with E-state index in [1.54, 1.807) is 0 Å². The molecule has 1 saturated heterocycles. The normalized spacial score (nSPS) is 15.6. The van der Waals surface area contributed by atoms with E-state index in [2.05, 4.69) is 31.9 Å². The van der Waals surface area contributed by atoms with E-state index >= 15 is 0 Å². The third-order valence-corrected chi connectivity index (χ3v) is 5.69. The van der Waals surface area contributed by atoms with Gasteiger partial charge in [-0.25, -0.2) is 13.2 Å². The predicted molar refractivity (Wildman–Crippen MR) is 114 cm³/mol. The lowest BCUT2D eigenvalue weighted by Gasteiger charge is -2.36. The standard InChI is InChI=1S/C22H21BrF3N3O2/c23-17-11-14(1-5-18(17)25)2-6-20(30)29-22(7-9-27-10-8-22)21(31)28-13-15-3-4-16(24)12-19(15)26/h1-6,11-12,27H,7-10,13H2,(H,28,31)(H,29,30)/b6-2+. The van der Waals surface area contributed by atoms with Crippen LogP contribution in [-0.2, 0) is 16.1 Å². The van der Waals surface area contributed by atoms with Crippen molar-refractivity contribution in [2.75, 3.05) is 13.1 Å². The molecule has 1 heterocycles. The lowest BCUT2D eigenvalue weighted by Crippen LogP contribution is -2.62. The van der Waals surface area contributed by atoms with Gasteiger partial charge in [0.1, 0.15) is 23.0 Å². The van der Waals surface area contributed by atoms with Crippen LogP contribution in [0.3, 0.4) is 0 Å². The Balaban J connectivity index is 1.68. The van der Waals surface area contributed by atoms with Crippen LogP contribution >= 0.6 is 15.9 Å². The zero-order valence-corrected chi connectivity index (χ0v) is 18.1. The zero-order valence-electron chi connectivity index (χ0n) is 16.5. The van der Waals surface area contributed by atoms with Gasteiger partial charge in [-0.2, -0.15) is 0 Å². The fraction of sp³-hybridized carbons (Fsp3) is 0.273. The molecular formula is C22H21BrF3N3O2. The van der Waals surface area contributed by atoms with Gasteiger partial charge in [-0.05, 0) is 71.7 Å². The van der Waals surface area contributed by atoms with Crippen molar-refractivity contribution in [3.8, 4) is 0 Å². The number of nitrogens with one attached hydrogen (secondary N) is 3. The first kappa shape index (κ1) is 23.0. The van der Waals surface area contributed by atoms with E-state index in [0.29, 0.717) is 31.5 Å². The molecule has 0 saturated carbocycles. The van der Waals surface area contributed by atoms with E-state index in [1.165, 1.54) is 36.4 Å². The van der Waals surface area contributed by atoms with Gasteiger partial charge in [-0.15, -0.1) is 0 Å². The van der Waals surface area contributed by atoms with E-state index < -0.39 is 34.8 Å². The number of halogens is 4. The van der Waals surface area contributed by atoms with Gasteiger partial charge in [0.15, 0.2) is 0 Å². The quantitative estimate of drug-likeness (QED) is 0.537. The Hall–Kier alpha value is -2.65. The molecule has 5 nitrogen and oxygen atoms in total. The Kier molecular flexibility index (Phi) is 7.50. The molecule has 0 aromatic heterocycles. The fourth-order valence-electron chi connectivity index (χ4n) is 3.34. The summed E-state index contributed by atoms with van der Waals surface area (Å²) < 4.78 is 40.5. The van der Waals surface area contributed by atoms with Crippen LogP contribution in [0.4, 0.5) is 13.2 Å². The molecule has 0 atom stereocenters. The molecule has 0 radical (unpaired) electrons. The van der Waals surface area contributed by atoms with E-state index in [9.17, 15) is 22.8 Å². The number of carbonyl (C=O) groups is 2. The average molecular weight is 496 g/mol. The molecule has 1 aliphatic rings. The second-order valence-electron chi connectivity index (χ2n) is 7.25. The van der Waals surface area contributed by atoms with Gasteiger partial charge < -0.3 is 16.0 Å². The van der Waals surface area contributed by atoms with Crippen LogP contribution in [0, 0.1) is 17.5 Å². The largest absolute Gasteiger partial charge is 0.350 e. The second-order valence-corrected chi connectivity index (χ2v) is 8.10. The molecule has 164 valence electrons. The van der Waals surface area contributed by atoms with Crippen molar-refractivity contribution in [2.24, 2.45) is 0 Å². The van der Waals surface area contributed by atoms with Crippen molar-refractivity contribution in [3.05, 3.63) is 75.5 Å². The Morgan fingerprint density at radius 2 is 1.81 bits per heavy atom. The van der Waals surface area contributed by atoms with Gasteiger partial charge in [0.05, 0.1) is 4.47 Å². The van der Waals surface area contributed by atoms with Crippen LogP contribution in [0.2, 0.25) is 0 Å². The van der Waals surface area contributed by atoms with Gasteiger partial charge in [0, 0.05) is 24.3 Å². The van der Waals surface area contributed by atoms with Crippen LogP contribution in [0.1, 0.15) is 24.0 Å². The zero-order chi connectivity index (χ0) is 22.4. The van der Waals surface area contributed by atoms with Crippen LogP contribution in [-0.4, -0.2) is 30.4 Å². The highest BCUT2D eigenvalue weighted by molar-refractivity contribution is 9.10. The summed E-state index contributed by atoms with van der Waals surface area (Å²) in [5, 5.41) is 8.55. The van der Waals surface area contributed by atoms with Gasteiger partial charge >= 0.3 is 0 Å². The number of rotatable bonds is 6. The van der Waals surface area contributed by atoms with Crippen LogP contribution < -0.4 is 16.0 Å². The van der Waals surface area contributed by atoms with Crippen molar-refractivity contribution in [1.29, 1.82) is 0 Å². The molecule has 0 unspecified atom stereocenters. The Morgan fingerprint density at radius 1 is 1.06 bits per heavy atom. The predicted octanol–water partition coefficient (Wildman–Crippen LogP) is 3.43. The molecule has 9 heteroatoms. The van der Waals surface area contributed by atoms with E-state index in [1.807, 2.05) is 0 Å². The van der Waals surface area contributed by atoms with Gasteiger partial charge in [-0.3, -0.25) is 9.59 Å². The number of piperidine rings is 1. The minimum Gasteiger partial charge on any atom is -0.350 e. The maximum Gasteiger partial charge on any atom is 0.246 e. The molecule has 1 aliphatic heterocycles. The molecule has 31 heavy (non-hydrogen) atoms. The summed E-state index contributed by atoms with van der Waals surface area (Å²) in [4.78, 5) is 25.5. The SMILES string of the molecule is O=C(/C=C/c1ccc(F)c(Br)c1)NC1(C(=O)NCc2ccc(F)cc2F)CCNCC1. The van der Waals surface area contributed by atoms with Crippen molar-refractivity contribution >= 4 is 33.8 Å². The summed E-state index contributed by atoms with van der Waals surface area (Å²) in [6.45, 7) is 0.913. The smallest absolute Gasteiger partial charge is 0.246 e. The third-order valence-electron chi connectivity index (χ3n) is 5.08.